The van der Waals surface area contributed by atoms with Gasteiger partial charge in [0.2, 0.25) is 0 Å². The lowest BCUT2D eigenvalue weighted by atomic mass is 10.0. The van der Waals surface area contributed by atoms with Crippen LogP contribution in [0.2, 0.25) is 0 Å². The average Bonchev–Trinajstić information content (AvgIpc) is 3.51. The van der Waals surface area contributed by atoms with Crippen molar-refractivity contribution >= 4 is 27.5 Å². The molecule has 0 amide bonds. The summed E-state index contributed by atoms with van der Waals surface area (Å²) in [5.41, 5.74) is 6.97. The molecule has 1 aromatic carbocycles. The van der Waals surface area contributed by atoms with Gasteiger partial charge < -0.3 is 14.5 Å². The molecule has 2 N–H and O–H groups in total. The lowest BCUT2D eigenvalue weighted by molar-refractivity contribution is 0.161. The van der Waals surface area contributed by atoms with Crippen molar-refractivity contribution in [3.8, 4) is 17.0 Å². The number of benzene rings is 1. The van der Waals surface area contributed by atoms with Gasteiger partial charge in [-0.05, 0) is 61.4 Å². The van der Waals surface area contributed by atoms with E-state index in [0.29, 0.717) is 6.61 Å². The molecule has 4 aromatic heterocycles. The molecule has 6 rings (SSSR count). The minimum atomic E-state index is -0.132. The van der Waals surface area contributed by atoms with Crippen LogP contribution in [-0.2, 0) is 4.74 Å². The van der Waals surface area contributed by atoms with E-state index in [4.69, 9.17) is 9.47 Å². The molecule has 1 aliphatic heterocycles. The van der Waals surface area contributed by atoms with Crippen molar-refractivity contribution in [2.75, 3.05) is 13.2 Å². The second-order valence-electron chi connectivity index (χ2n) is 8.17. The van der Waals surface area contributed by atoms with E-state index in [2.05, 4.69) is 50.3 Å². The van der Waals surface area contributed by atoms with Crippen LogP contribution >= 0.6 is 0 Å². The third-order valence-corrected chi connectivity index (χ3v) is 6.11. The fourth-order valence-corrected chi connectivity index (χ4v) is 4.37. The van der Waals surface area contributed by atoms with Gasteiger partial charge in [0.05, 0.1) is 24.4 Å². The molecule has 0 aliphatic carbocycles. The van der Waals surface area contributed by atoms with Crippen LogP contribution in [0.4, 0.5) is 0 Å². The zero-order valence-corrected chi connectivity index (χ0v) is 18.2. The topological polar surface area (TPSA) is 88.7 Å². The first kappa shape index (κ1) is 19.7. The monoisotopic (exact) mass is 437 g/mol. The molecule has 0 bridgehead atoms. The smallest absolute Gasteiger partial charge is 0.137 e. The lowest BCUT2D eigenvalue weighted by Crippen LogP contribution is -2.04. The summed E-state index contributed by atoms with van der Waals surface area (Å²) < 4.78 is 11.7. The molecular formula is C26H23N5O2. The number of aromatic amines is 2. The number of nitrogens with one attached hydrogen (secondary N) is 2. The van der Waals surface area contributed by atoms with Gasteiger partial charge in [-0.3, -0.25) is 10.1 Å². The SMILES string of the molecule is C[C@@H](Oc1ccc2[nH]nc(-c3ccc(C4=CCOCC4)nc3)c2c1)c1ccnc2[nH]ccc12. The van der Waals surface area contributed by atoms with E-state index < -0.39 is 0 Å². The zero-order valence-electron chi connectivity index (χ0n) is 18.2. The Bertz CT molecular complexity index is 1470. The van der Waals surface area contributed by atoms with Crippen LogP contribution in [0.3, 0.4) is 0 Å². The molecule has 0 fully saturated rings. The van der Waals surface area contributed by atoms with Crippen molar-refractivity contribution in [2.24, 2.45) is 0 Å². The third-order valence-electron chi connectivity index (χ3n) is 6.11. The van der Waals surface area contributed by atoms with Crippen molar-refractivity contribution in [1.82, 2.24) is 25.1 Å². The summed E-state index contributed by atoms with van der Waals surface area (Å²) in [4.78, 5) is 12.2. The van der Waals surface area contributed by atoms with Crippen molar-refractivity contribution in [1.29, 1.82) is 0 Å². The Labute approximate surface area is 190 Å². The number of fused-ring (bicyclic) bond motifs is 2. The molecule has 7 heteroatoms. The standard InChI is InChI=1S/C26H23N5O2/c1-16(20-6-10-27-26-21(20)7-11-28-26)33-19-3-5-24-22(14-19)25(31-30-24)18-2-4-23(29-15-18)17-8-12-32-13-9-17/h2-8,10-11,14-16H,9,12-13H2,1H3,(H,27,28)(H,30,31)/t16-/m1/s1. The van der Waals surface area contributed by atoms with Gasteiger partial charge in [0.1, 0.15) is 23.2 Å². The van der Waals surface area contributed by atoms with Crippen LogP contribution in [0.5, 0.6) is 5.75 Å². The van der Waals surface area contributed by atoms with Crippen LogP contribution in [-0.4, -0.2) is 38.4 Å². The van der Waals surface area contributed by atoms with Crippen molar-refractivity contribution in [3.63, 3.8) is 0 Å². The first-order valence-electron chi connectivity index (χ1n) is 11.1. The van der Waals surface area contributed by atoms with Crippen LogP contribution in [0.25, 0.3) is 38.8 Å². The predicted octanol–water partition coefficient (Wildman–Crippen LogP) is 5.44. The highest BCUT2D eigenvalue weighted by molar-refractivity contribution is 5.93. The fourth-order valence-electron chi connectivity index (χ4n) is 4.37. The summed E-state index contributed by atoms with van der Waals surface area (Å²) in [5, 5.41) is 9.75. The maximum absolute atomic E-state index is 6.33. The first-order chi connectivity index (χ1) is 16.3. The minimum Gasteiger partial charge on any atom is -0.486 e. The van der Waals surface area contributed by atoms with Crippen molar-refractivity contribution < 1.29 is 9.47 Å². The van der Waals surface area contributed by atoms with Crippen molar-refractivity contribution in [2.45, 2.75) is 19.4 Å². The summed E-state index contributed by atoms with van der Waals surface area (Å²) in [6, 6.07) is 14.2. The Morgan fingerprint density at radius 3 is 2.88 bits per heavy atom. The quantitative estimate of drug-likeness (QED) is 0.382. The van der Waals surface area contributed by atoms with E-state index in [9.17, 15) is 0 Å². The van der Waals surface area contributed by atoms with Gasteiger partial charge in [0.15, 0.2) is 0 Å². The maximum Gasteiger partial charge on any atom is 0.137 e. The van der Waals surface area contributed by atoms with Gasteiger partial charge in [-0.15, -0.1) is 0 Å². The molecule has 164 valence electrons. The summed E-state index contributed by atoms with van der Waals surface area (Å²) >= 11 is 0. The van der Waals surface area contributed by atoms with Crippen LogP contribution in [0.1, 0.15) is 30.7 Å². The molecular weight excluding hydrogens is 414 g/mol. The summed E-state index contributed by atoms with van der Waals surface area (Å²) in [5.74, 6) is 0.787. The number of nitrogens with zero attached hydrogens (tertiary/aromatic N) is 3. The van der Waals surface area contributed by atoms with Gasteiger partial charge in [-0.25, -0.2) is 4.98 Å². The lowest BCUT2D eigenvalue weighted by Gasteiger charge is -2.16. The highest BCUT2D eigenvalue weighted by atomic mass is 16.5. The normalized spacial score (nSPS) is 15.0. The summed E-state index contributed by atoms with van der Waals surface area (Å²) in [6.07, 6.45) is 8.45. The highest BCUT2D eigenvalue weighted by Crippen LogP contribution is 2.32. The number of hydrogen-bond acceptors (Lipinski definition) is 5. The summed E-state index contributed by atoms with van der Waals surface area (Å²) in [7, 11) is 0. The molecule has 1 atom stereocenters. The highest BCUT2D eigenvalue weighted by Gasteiger charge is 2.15. The Morgan fingerprint density at radius 2 is 2.03 bits per heavy atom. The van der Waals surface area contributed by atoms with Crippen LogP contribution in [0.15, 0.2) is 67.1 Å². The molecule has 0 saturated heterocycles. The van der Waals surface area contributed by atoms with Gasteiger partial charge in [-0.1, -0.05) is 6.08 Å². The van der Waals surface area contributed by atoms with Gasteiger partial charge >= 0.3 is 0 Å². The van der Waals surface area contributed by atoms with Crippen LogP contribution in [0, 0.1) is 0 Å². The minimum absolute atomic E-state index is 0.132. The van der Waals surface area contributed by atoms with E-state index in [1.54, 1.807) is 6.20 Å². The molecule has 5 aromatic rings. The second-order valence-corrected chi connectivity index (χ2v) is 8.17. The number of hydrogen-bond donors (Lipinski definition) is 2. The number of rotatable bonds is 5. The fraction of sp³-hybridized carbons (Fsp3) is 0.192. The van der Waals surface area contributed by atoms with E-state index in [-0.39, 0.29) is 6.10 Å². The van der Waals surface area contributed by atoms with Gasteiger partial charge in [0, 0.05) is 40.5 Å². The first-order valence-corrected chi connectivity index (χ1v) is 11.1. The number of H-pyrrole nitrogens is 2. The van der Waals surface area contributed by atoms with E-state index in [0.717, 1.165) is 63.2 Å². The maximum atomic E-state index is 6.33. The third kappa shape index (κ3) is 3.66. The zero-order chi connectivity index (χ0) is 22.2. The molecule has 0 unspecified atom stereocenters. The number of pyridine rings is 2. The van der Waals surface area contributed by atoms with Crippen molar-refractivity contribution in [3.05, 3.63) is 78.4 Å². The van der Waals surface area contributed by atoms with Crippen LogP contribution < -0.4 is 4.74 Å². The van der Waals surface area contributed by atoms with E-state index >= 15 is 0 Å². The Morgan fingerprint density at radius 1 is 1.06 bits per heavy atom. The molecule has 1 aliphatic rings. The number of aromatic nitrogens is 5. The molecule has 0 spiro atoms. The number of ether oxygens (including phenoxy) is 2. The predicted molar refractivity (Wildman–Crippen MR) is 128 cm³/mol. The largest absolute Gasteiger partial charge is 0.486 e. The Balaban J connectivity index is 1.29. The Hall–Kier alpha value is -3.97. The second kappa shape index (κ2) is 8.18. The van der Waals surface area contributed by atoms with Gasteiger partial charge in [-0.2, -0.15) is 5.10 Å². The summed E-state index contributed by atoms with van der Waals surface area (Å²) in [6.45, 7) is 3.45. The molecule has 5 heterocycles. The molecule has 0 saturated carbocycles. The van der Waals surface area contributed by atoms with E-state index in [1.807, 2.05) is 42.7 Å². The van der Waals surface area contributed by atoms with E-state index in [1.165, 1.54) is 5.57 Å². The molecule has 0 radical (unpaired) electrons. The average molecular weight is 438 g/mol. The molecule has 33 heavy (non-hydrogen) atoms. The Kier molecular flexibility index (Phi) is 4.88. The molecule has 7 nitrogen and oxygen atoms in total. The van der Waals surface area contributed by atoms with Gasteiger partial charge in [0.25, 0.3) is 0 Å².